The van der Waals surface area contributed by atoms with Gasteiger partial charge in [-0.25, -0.2) is 0 Å². The van der Waals surface area contributed by atoms with E-state index in [1.807, 2.05) is 0 Å². The average Bonchev–Trinajstić information content (AvgIpc) is 2.59. The molecule has 1 aliphatic carbocycles. The summed E-state index contributed by atoms with van der Waals surface area (Å²) in [7, 11) is 0. The molecule has 0 aromatic heterocycles. The first-order valence-electron chi connectivity index (χ1n) is 5.18. The van der Waals surface area contributed by atoms with E-state index in [0.29, 0.717) is 12.2 Å². The minimum atomic E-state index is 0.410. The molecule has 2 fully saturated rings. The summed E-state index contributed by atoms with van der Waals surface area (Å²) < 4.78 is 11.2. The summed E-state index contributed by atoms with van der Waals surface area (Å²) in [5.74, 6) is 0. The summed E-state index contributed by atoms with van der Waals surface area (Å²) in [5, 5.41) is 0. The van der Waals surface area contributed by atoms with E-state index < -0.39 is 0 Å². The molecule has 1 aliphatic heterocycles. The van der Waals surface area contributed by atoms with Crippen LogP contribution < -0.4 is 0 Å². The van der Waals surface area contributed by atoms with Gasteiger partial charge in [0.25, 0.3) is 0 Å². The van der Waals surface area contributed by atoms with Gasteiger partial charge in [0.1, 0.15) is 0 Å². The van der Waals surface area contributed by atoms with Crippen molar-refractivity contribution in [3.8, 4) is 0 Å². The molecule has 2 nitrogen and oxygen atoms in total. The van der Waals surface area contributed by atoms with Crippen LogP contribution in [-0.4, -0.2) is 25.4 Å². The molecular formula is C10H18O2. The minimum absolute atomic E-state index is 0.410. The monoisotopic (exact) mass is 170 g/mol. The molecule has 0 amide bonds. The van der Waals surface area contributed by atoms with E-state index in [4.69, 9.17) is 9.47 Å². The lowest BCUT2D eigenvalue weighted by Crippen LogP contribution is -2.24. The molecule has 0 spiro atoms. The predicted molar refractivity (Wildman–Crippen MR) is 47.2 cm³/mol. The minimum Gasteiger partial charge on any atom is -0.379 e. The molecule has 70 valence electrons. The highest BCUT2D eigenvalue weighted by atomic mass is 16.5. The van der Waals surface area contributed by atoms with Crippen molar-refractivity contribution in [3.05, 3.63) is 0 Å². The lowest BCUT2D eigenvalue weighted by Gasteiger charge is -2.24. The normalized spacial score (nSPS) is 32.5. The summed E-state index contributed by atoms with van der Waals surface area (Å²) in [6.45, 7) is 1.73. The zero-order valence-electron chi connectivity index (χ0n) is 7.63. The Morgan fingerprint density at radius 1 is 0.917 bits per heavy atom. The molecule has 2 rings (SSSR count). The highest BCUT2D eigenvalue weighted by Crippen LogP contribution is 2.23. The molecule has 0 radical (unpaired) electrons. The van der Waals surface area contributed by atoms with E-state index in [2.05, 4.69) is 0 Å². The number of hydrogen-bond donors (Lipinski definition) is 0. The highest BCUT2D eigenvalue weighted by molar-refractivity contribution is 4.70. The van der Waals surface area contributed by atoms with E-state index >= 15 is 0 Å². The van der Waals surface area contributed by atoms with Gasteiger partial charge >= 0.3 is 0 Å². The Kier molecular flexibility index (Phi) is 3.01. The molecule has 12 heavy (non-hydrogen) atoms. The largest absolute Gasteiger partial charge is 0.379 e. The fourth-order valence-electron chi connectivity index (χ4n) is 2.09. The van der Waals surface area contributed by atoms with E-state index in [1.54, 1.807) is 0 Å². The van der Waals surface area contributed by atoms with Crippen molar-refractivity contribution >= 4 is 0 Å². The summed E-state index contributed by atoms with van der Waals surface area (Å²) in [6.07, 6.45) is 8.74. The van der Waals surface area contributed by atoms with E-state index in [-0.39, 0.29) is 0 Å². The van der Waals surface area contributed by atoms with Gasteiger partial charge in [-0.1, -0.05) is 19.3 Å². The van der Waals surface area contributed by atoms with Crippen molar-refractivity contribution in [2.45, 2.75) is 50.7 Å². The third kappa shape index (κ3) is 2.20. The topological polar surface area (TPSA) is 18.5 Å². The maximum atomic E-state index is 5.93. The van der Waals surface area contributed by atoms with Crippen LogP contribution in [0.15, 0.2) is 0 Å². The molecule has 0 aromatic rings. The van der Waals surface area contributed by atoms with Crippen LogP contribution >= 0.6 is 0 Å². The Balaban J connectivity index is 1.69. The van der Waals surface area contributed by atoms with Crippen LogP contribution in [0.5, 0.6) is 0 Å². The van der Waals surface area contributed by atoms with E-state index in [0.717, 1.165) is 19.6 Å². The number of rotatable bonds is 2. The third-order valence-corrected chi connectivity index (χ3v) is 2.83. The quantitative estimate of drug-likeness (QED) is 0.632. The van der Waals surface area contributed by atoms with Gasteiger partial charge in [-0.3, -0.25) is 0 Å². The number of hydrogen-bond acceptors (Lipinski definition) is 2. The second kappa shape index (κ2) is 4.24. The molecule has 0 bridgehead atoms. The van der Waals surface area contributed by atoms with Gasteiger partial charge in [-0.15, -0.1) is 0 Å². The van der Waals surface area contributed by atoms with Crippen molar-refractivity contribution < 1.29 is 9.47 Å². The van der Waals surface area contributed by atoms with Crippen LogP contribution in [0.2, 0.25) is 0 Å². The maximum Gasteiger partial charge on any atom is 0.0834 e. The second-order valence-corrected chi connectivity index (χ2v) is 3.88. The fraction of sp³-hybridized carbons (Fsp3) is 1.00. The van der Waals surface area contributed by atoms with Crippen molar-refractivity contribution in [2.24, 2.45) is 0 Å². The molecule has 2 heteroatoms. The first kappa shape index (κ1) is 8.52. The lowest BCUT2D eigenvalue weighted by atomic mass is 9.97. The van der Waals surface area contributed by atoms with Gasteiger partial charge in [-0.05, 0) is 19.3 Å². The highest BCUT2D eigenvalue weighted by Gasteiger charge is 2.22. The zero-order chi connectivity index (χ0) is 8.23. The van der Waals surface area contributed by atoms with Crippen LogP contribution in [0.3, 0.4) is 0 Å². The molecule has 0 aromatic carbocycles. The maximum absolute atomic E-state index is 5.93. The van der Waals surface area contributed by atoms with E-state index in [1.165, 1.54) is 32.1 Å². The fourth-order valence-corrected chi connectivity index (χ4v) is 2.09. The predicted octanol–water partition coefficient (Wildman–Crippen LogP) is 2.12. The zero-order valence-corrected chi connectivity index (χ0v) is 7.63. The first-order chi connectivity index (χ1) is 5.95. The van der Waals surface area contributed by atoms with Gasteiger partial charge in [-0.2, -0.15) is 0 Å². The van der Waals surface area contributed by atoms with Crippen LogP contribution in [0.4, 0.5) is 0 Å². The van der Waals surface area contributed by atoms with Gasteiger partial charge in [0.05, 0.1) is 18.8 Å². The molecule has 1 atom stereocenters. The summed E-state index contributed by atoms with van der Waals surface area (Å²) in [5.41, 5.74) is 0. The molecule has 1 saturated heterocycles. The average molecular weight is 170 g/mol. The molecule has 2 aliphatic rings. The van der Waals surface area contributed by atoms with Crippen LogP contribution in [0, 0.1) is 0 Å². The van der Waals surface area contributed by atoms with Gasteiger partial charge in [0.15, 0.2) is 0 Å². The van der Waals surface area contributed by atoms with Crippen molar-refractivity contribution in [1.29, 1.82) is 0 Å². The molecule has 1 unspecified atom stereocenters. The van der Waals surface area contributed by atoms with Crippen LogP contribution in [0.1, 0.15) is 38.5 Å². The van der Waals surface area contributed by atoms with Crippen LogP contribution in [-0.2, 0) is 9.47 Å². The summed E-state index contributed by atoms with van der Waals surface area (Å²) in [6, 6.07) is 0. The molecule has 0 N–H and O–H groups in total. The summed E-state index contributed by atoms with van der Waals surface area (Å²) >= 11 is 0. The molecular weight excluding hydrogens is 152 g/mol. The van der Waals surface area contributed by atoms with Gasteiger partial charge in [0, 0.05) is 6.61 Å². The molecule has 1 heterocycles. The van der Waals surface area contributed by atoms with Gasteiger partial charge < -0.3 is 9.47 Å². The standard InChI is InChI=1S/C10H18O2/c1-2-4-9(5-3-1)12-10-6-7-11-8-10/h9-10H,1-8H2. The Labute approximate surface area is 74.2 Å². The Bertz CT molecular complexity index is 124. The Morgan fingerprint density at radius 3 is 2.42 bits per heavy atom. The Morgan fingerprint density at radius 2 is 1.75 bits per heavy atom. The van der Waals surface area contributed by atoms with Crippen LogP contribution in [0.25, 0.3) is 0 Å². The van der Waals surface area contributed by atoms with Crippen molar-refractivity contribution in [3.63, 3.8) is 0 Å². The smallest absolute Gasteiger partial charge is 0.0834 e. The summed E-state index contributed by atoms with van der Waals surface area (Å²) in [4.78, 5) is 0. The first-order valence-corrected chi connectivity index (χ1v) is 5.18. The third-order valence-electron chi connectivity index (χ3n) is 2.83. The lowest BCUT2D eigenvalue weighted by molar-refractivity contribution is -0.0319. The SMILES string of the molecule is C1CCC(OC2CCOC2)CC1. The second-order valence-electron chi connectivity index (χ2n) is 3.88. The number of ether oxygens (including phenoxy) is 2. The van der Waals surface area contributed by atoms with Gasteiger partial charge in [0.2, 0.25) is 0 Å². The molecule has 1 saturated carbocycles. The Hall–Kier alpha value is -0.0800. The van der Waals surface area contributed by atoms with Crippen molar-refractivity contribution in [1.82, 2.24) is 0 Å². The van der Waals surface area contributed by atoms with Crippen molar-refractivity contribution in [2.75, 3.05) is 13.2 Å². The van der Waals surface area contributed by atoms with E-state index in [9.17, 15) is 0 Å².